The molecule has 0 fully saturated rings. The van der Waals surface area contributed by atoms with Gasteiger partial charge in [0.1, 0.15) is 0 Å². The molecule has 0 radical (unpaired) electrons. The Morgan fingerprint density at radius 3 is 1.15 bits per heavy atom. The van der Waals surface area contributed by atoms with Crippen LogP contribution in [0.15, 0.2) is 267 Å². The second kappa shape index (κ2) is 20.6. The Hall–Kier alpha value is -11.8. The summed E-state index contributed by atoms with van der Waals surface area (Å²) in [4.78, 5) is 24.2. The molecule has 12 aromatic carbocycles. The Balaban J connectivity index is 1.26. The van der Waals surface area contributed by atoms with E-state index in [-0.39, 0.29) is 0 Å². The van der Waals surface area contributed by atoms with Crippen molar-refractivity contribution in [1.29, 1.82) is 0 Å². The van der Waals surface area contributed by atoms with Crippen molar-refractivity contribution < 1.29 is 0 Å². The summed E-state index contributed by atoms with van der Waals surface area (Å²) in [7, 11) is 0. The number of aryl methyl sites for hydroxylation is 5. The first-order valence-electron chi connectivity index (χ1n) is 31.6. The van der Waals surface area contributed by atoms with E-state index in [0.717, 1.165) is 171 Å². The van der Waals surface area contributed by atoms with Crippen LogP contribution in [0.5, 0.6) is 0 Å². The van der Waals surface area contributed by atoms with Gasteiger partial charge < -0.3 is 13.5 Å². The van der Waals surface area contributed by atoms with Crippen molar-refractivity contribution in [1.82, 2.24) is 33.5 Å². The van der Waals surface area contributed by atoms with Crippen molar-refractivity contribution >= 4 is 104 Å². The summed E-state index contributed by atoms with van der Waals surface area (Å²) >= 11 is 0. The summed E-state index contributed by atoms with van der Waals surface area (Å²) in [6.45, 7) is 11.0. The third-order valence-electron chi connectivity index (χ3n) is 18.8. The predicted octanol–water partition coefficient (Wildman–Crippen LogP) is 21.9. The van der Waals surface area contributed by atoms with Crippen LogP contribution in [0, 0.1) is 34.6 Å². The Labute approximate surface area is 531 Å². The molecule has 0 amide bonds. The van der Waals surface area contributed by atoms with E-state index in [9.17, 15) is 0 Å². The van der Waals surface area contributed by atoms with Crippen LogP contribution in [0.3, 0.4) is 0 Å². The first-order valence-corrected chi connectivity index (χ1v) is 31.6. The number of rotatable bonds is 7. The van der Waals surface area contributed by atoms with Gasteiger partial charge in [-0.05, 0) is 142 Å². The summed E-state index contributed by atoms with van der Waals surface area (Å²) in [6.07, 6.45) is 0. The van der Waals surface area contributed by atoms with E-state index >= 15 is 0 Å². The average molecular weight is 1180 g/mol. The zero-order valence-electron chi connectivity index (χ0n) is 51.5. The molecular weight excluding hydrogens is 1120 g/mol. The molecule has 7 heteroatoms. The van der Waals surface area contributed by atoms with Gasteiger partial charge in [0.25, 0.3) is 0 Å². The second-order valence-corrected chi connectivity index (χ2v) is 25.0. The molecule has 7 heterocycles. The van der Waals surface area contributed by atoms with Gasteiger partial charge in [-0.2, -0.15) is 0 Å². The summed E-state index contributed by atoms with van der Waals surface area (Å²) in [5, 5.41) is 10.8. The van der Waals surface area contributed by atoms with Crippen molar-refractivity contribution in [3.8, 4) is 67.7 Å². The van der Waals surface area contributed by atoms with E-state index in [1.165, 1.54) is 16.7 Å². The fourth-order valence-electron chi connectivity index (χ4n) is 14.6. The predicted molar refractivity (Wildman–Crippen MR) is 384 cm³/mol. The van der Waals surface area contributed by atoms with Gasteiger partial charge in [0.15, 0.2) is 11.5 Å². The molecule has 0 aliphatic heterocycles. The van der Waals surface area contributed by atoms with Crippen molar-refractivity contribution in [3.63, 3.8) is 0 Å². The first-order chi connectivity index (χ1) is 45.1. The SMILES string of the molecule is Cc1ccc2c(c1)c1cc(C)ccc1n2-c1c(-c2nc(-c3ccccc3)cc(-c3ccccc3)n2)c(-n2c3ccc(C)cc3c3cc(C)ccc32)c2c3nc(-c4ccccc4)cc(n3)c3cccc(c3)c3ccc4c(c3)c3cc(C)ccc3n4c2c1-c1ccccc1. The molecule has 0 saturated heterocycles. The van der Waals surface area contributed by atoms with Gasteiger partial charge in [-0.3, -0.25) is 0 Å². The van der Waals surface area contributed by atoms with Gasteiger partial charge in [0.05, 0.1) is 83.5 Å². The fraction of sp³-hybridized carbons (Fsp3) is 0.0588. The molecule has 0 aliphatic carbocycles. The minimum Gasteiger partial charge on any atom is -0.308 e. The van der Waals surface area contributed by atoms with E-state index in [4.69, 9.17) is 19.9 Å². The Morgan fingerprint density at radius 1 is 0.272 bits per heavy atom. The van der Waals surface area contributed by atoms with Crippen LogP contribution in [0.2, 0.25) is 0 Å². The van der Waals surface area contributed by atoms with E-state index < -0.39 is 0 Å². The van der Waals surface area contributed by atoms with Gasteiger partial charge in [0.2, 0.25) is 0 Å². The summed E-state index contributed by atoms with van der Waals surface area (Å²) in [6, 6.07) is 97.7. The maximum atomic E-state index is 6.08. The topological polar surface area (TPSA) is 65.8 Å². The lowest BCUT2D eigenvalue weighted by Gasteiger charge is -2.26. The molecule has 0 N–H and O–H groups in total. The lowest BCUT2D eigenvalue weighted by atomic mass is 9.92. The van der Waals surface area contributed by atoms with E-state index in [1.807, 2.05) is 0 Å². The molecule has 19 aromatic rings. The van der Waals surface area contributed by atoms with Gasteiger partial charge in [-0.1, -0.05) is 204 Å². The van der Waals surface area contributed by atoms with Crippen molar-refractivity contribution in [3.05, 3.63) is 295 Å². The molecular formula is C85H59N7. The highest BCUT2D eigenvalue weighted by molar-refractivity contribution is 6.23. The lowest BCUT2D eigenvalue weighted by Crippen LogP contribution is -2.11. The molecule has 92 heavy (non-hydrogen) atoms. The summed E-state index contributed by atoms with van der Waals surface area (Å²) < 4.78 is 7.62. The standard InChI is InChI=1S/C85H59N7/c1-50-29-35-72-62(41-50)63-42-51(2)30-36-73(63)90(72)81-78(58-25-16-9-17-26-58)82-80(85-88-70(57-23-14-8-15-24-57)49-71(89-85)61-28-18-27-59(46-61)60-34-40-77-67(47-60)66-45-54(5)33-39-76(66)91(77)82)83(92-74-37-31-52(3)43-64(74)65-44-53(4)32-38-75(65)92)79(81)84-86-68(55-19-10-6-11-20-55)48-69(87-84)56-21-12-7-13-22-56/h6-49H,1-5H3. The van der Waals surface area contributed by atoms with Gasteiger partial charge in [-0.15, -0.1) is 0 Å². The first kappa shape index (κ1) is 53.2. The van der Waals surface area contributed by atoms with Crippen molar-refractivity contribution in [2.75, 3.05) is 0 Å². The third-order valence-corrected chi connectivity index (χ3v) is 18.8. The van der Waals surface area contributed by atoms with E-state index in [0.29, 0.717) is 11.5 Å². The monoisotopic (exact) mass is 1180 g/mol. The quantitative estimate of drug-likeness (QED) is 0.159. The minimum absolute atomic E-state index is 0.538. The number of fused-ring (bicyclic) bond motifs is 8. The summed E-state index contributed by atoms with van der Waals surface area (Å²) in [5.74, 6) is 0.538. The molecule has 7 aromatic heterocycles. The van der Waals surface area contributed by atoms with Crippen LogP contribution in [0.25, 0.3) is 171 Å². The van der Waals surface area contributed by atoms with Crippen LogP contribution in [0.1, 0.15) is 27.8 Å². The highest BCUT2D eigenvalue weighted by Crippen LogP contribution is 2.52. The maximum Gasteiger partial charge on any atom is 0.164 e. The average Bonchev–Trinajstić information content (AvgIpc) is 1.30. The molecule has 0 spiro atoms. The van der Waals surface area contributed by atoms with Crippen molar-refractivity contribution in [2.45, 2.75) is 34.6 Å². The molecule has 0 atom stereocenters. The van der Waals surface area contributed by atoms with Gasteiger partial charge in [0, 0.05) is 60.0 Å². The van der Waals surface area contributed by atoms with Gasteiger partial charge in [-0.25, -0.2) is 19.9 Å². The Bertz CT molecular complexity index is 5980. The minimum atomic E-state index is 0.538. The van der Waals surface area contributed by atoms with E-state index in [2.05, 4.69) is 315 Å². The highest BCUT2D eigenvalue weighted by atomic mass is 15.1. The van der Waals surface area contributed by atoms with E-state index in [1.54, 1.807) is 0 Å². The Morgan fingerprint density at radius 2 is 0.663 bits per heavy atom. The van der Waals surface area contributed by atoms with Crippen LogP contribution in [0.4, 0.5) is 0 Å². The number of nitrogens with zero attached hydrogens (tertiary/aromatic N) is 7. The number of benzene rings is 12. The van der Waals surface area contributed by atoms with Crippen LogP contribution in [-0.2, 0) is 0 Å². The molecule has 19 rings (SSSR count). The number of hydrogen-bond donors (Lipinski definition) is 0. The molecule has 434 valence electrons. The maximum absolute atomic E-state index is 6.08. The molecule has 0 unspecified atom stereocenters. The zero-order chi connectivity index (χ0) is 61.5. The van der Waals surface area contributed by atoms with Crippen molar-refractivity contribution in [2.24, 2.45) is 0 Å². The van der Waals surface area contributed by atoms with Gasteiger partial charge >= 0.3 is 0 Å². The lowest BCUT2D eigenvalue weighted by molar-refractivity contribution is 1.11. The number of aromatic nitrogens is 7. The molecule has 7 nitrogen and oxygen atoms in total. The fourth-order valence-corrected chi connectivity index (χ4v) is 14.6. The molecule has 8 bridgehead atoms. The normalized spacial score (nSPS) is 12.0. The number of hydrogen-bond acceptors (Lipinski definition) is 4. The zero-order valence-corrected chi connectivity index (χ0v) is 51.5. The highest BCUT2D eigenvalue weighted by Gasteiger charge is 2.33. The van der Waals surface area contributed by atoms with Crippen LogP contribution >= 0.6 is 0 Å². The summed E-state index contributed by atoms with van der Waals surface area (Å²) in [5.41, 5.74) is 24.1. The molecule has 0 aliphatic rings. The molecule has 0 saturated carbocycles. The van der Waals surface area contributed by atoms with Crippen LogP contribution < -0.4 is 0 Å². The largest absolute Gasteiger partial charge is 0.308 e. The smallest absolute Gasteiger partial charge is 0.164 e. The second-order valence-electron chi connectivity index (χ2n) is 25.0. The Kier molecular flexibility index (Phi) is 11.9. The third kappa shape index (κ3) is 8.35. The van der Waals surface area contributed by atoms with Crippen LogP contribution in [-0.4, -0.2) is 33.5 Å².